The van der Waals surface area contributed by atoms with E-state index in [-0.39, 0.29) is 17.9 Å². The minimum atomic E-state index is -0.841. The zero-order valence-electron chi connectivity index (χ0n) is 12.4. The number of carbonyl (C=O) groups is 1. The Hall–Kier alpha value is -1.38. The molecule has 0 aromatic heterocycles. The average Bonchev–Trinajstić information content (AvgIpc) is 2.87. The third kappa shape index (κ3) is 3.38. The summed E-state index contributed by atoms with van der Waals surface area (Å²) in [6.07, 6.45) is 2.02. The monoisotopic (exact) mass is 277 g/mol. The molecule has 1 saturated heterocycles. The van der Waals surface area contributed by atoms with Gasteiger partial charge in [-0.2, -0.15) is 0 Å². The van der Waals surface area contributed by atoms with Crippen LogP contribution in [-0.2, 0) is 4.79 Å². The first kappa shape index (κ1) is 15.0. The van der Waals surface area contributed by atoms with Crippen LogP contribution in [0.4, 0.5) is 4.39 Å². The zero-order valence-corrected chi connectivity index (χ0v) is 12.4. The van der Waals surface area contributed by atoms with Crippen LogP contribution < -0.4 is 0 Å². The molecule has 1 aromatic carbocycles. The molecule has 0 bridgehead atoms. The summed E-state index contributed by atoms with van der Waals surface area (Å²) in [5.41, 5.74) is 1.12. The number of likely N-dealkylation sites (tertiary alicyclic amines) is 1. The second-order valence-electron chi connectivity index (χ2n) is 5.76. The lowest BCUT2D eigenvalue weighted by Gasteiger charge is -2.25. The molecule has 0 radical (unpaired) electrons. The normalized spacial score (nSPS) is 22.1. The van der Waals surface area contributed by atoms with Gasteiger partial charge in [-0.05, 0) is 18.9 Å². The smallest absolute Gasteiger partial charge is 0.223 e. The summed E-state index contributed by atoms with van der Waals surface area (Å²) in [7, 11) is 0. The van der Waals surface area contributed by atoms with Gasteiger partial charge in [0.1, 0.15) is 6.17 Å². The van der Waals surface area contributed by atoms with Crippen LogP contribution in [-0.4, -0.2) is 23.5 Å². The predicted molar refractivity (Wildman–Crippen MR) is 79.1 cm³/mol. The Kier molecular flexibility index (Phi) is 5.16. The summed E-state index contributed by atoms with van der Waals surface area (Å²) in [5, 5.41) is 0. The predicted octanol–water partition coefficient (Wildman–Crippen LogP) is 4.12. The highest BCUT2D eigenvalue weighted by atomic mass is 19.1. The number of nitrogens with zero attached hydrogens (tertiary/aromatic N) is 1. The fourth-order valence-corrected chi connectivity index (χ4v) is 2.92. The van der Waals surface area contributed by atoms with Crippen LogP contribution in [0.1, 0.15) is 51.1 Å². The summed E-state index contributed by atoms with van der Waals surface area (Å²) >= 11 is 0. The molecule has 1 heterocycles. The van der Waals surface area contributed by atoms with Crippen molar-refractivity contribution >= 4 is 5.91 Å². The van der Waals surface area contributed by atoms with Crippen LogP contribution in [0.5, 0.6) is 0 Å². The minimum Gasteiger partial charge on any atom is -0.336 e. The Bertz CT molecular complexity index is 434. The molecule has 20 heavy (non-hydrogen) atoms. The maximum atomic E-state index is 14.1. The third-order valence-electron chi connectivity index (χ3n) is 4.28. The van der Waals surface area contributed by atoms with Gasteiger partial charge in [0.15, 0.2) is 0 Å². The van der Waals surface area contributed by atoms with Crippen LogP contribution in [0.25, 0.3) is 0 Å². The van der Waals surface area contributed by atoms with Crippen LogP contribution >= 0.6 is 0 Å². The van der Waals surface area contributed by atoms with Gasteiger partial charge in [0.25, 0.3) is 0 Å². The first-order valence-corrected chi connectivity index (χ1v) is 7.62. The molecule has 0 N–H and O–H groups in total. The van der Waals surface area contributed by atoms with Crippen LogP contribution in [0, 0.1) is 5.92 Å². The summed E-state index contributed by atoms with van der Waals surface area (Å²) in [4.78, 5) is 14.0. The molecule has 1 aliphatic rings. The van der Waals surface area contributed by atoms with Gasteiger partial charge in [-0.3, -0.25) is 4.79 Å². The molecular formula is C17H24FNO. The number of rotatable bonds is 6. The SMILES string of the molecule is CCCC[C@H](F)C1CC(=O)N(C(C)c2ccccc2)C1. The second kappa shape index (κ2) is 6.87. The van der Waals surface area contributed by atoms with E-state index in [1.165, 1.54) is 0 Å². The van der Waals surface area contributed by atoms with Crippen LogP contribution in [0.2, 0.25) is 0 Å². The van der Waals surface area contributed by atoms with E-state index < -0.39 is 6.17 Å². The Morgan fingerprint density at radius 2 is 2.05 bits per heavy atom. The Labute approximate surface area is 121 Å². The van der Waals surface area contributed by atoms with Crippen molar-refractivity contribution in [2.45, 2.75) is 51.7 Å². The van der Waals surface area contributed by atoms with Gasteiger partial charge in [-0.1, -0.05) is 50.1 Å². The highest BCUT2D eigenvalue weighted by Gasteiger charge is 2.37. The van der Waals surface area contributed by atoms with E-state index >= 15 is 0 Å². The van der Waals surface area contributed by atoms with Crippen molar-refractivity contribution in [3.63, 3.8) is 0 Å². The van der Waals surface area contributed by atoms with Crippen molar-refractivity contribution in [1.82, 2.24) is 4.90 Å². The molecule has 1 aromatic rings. The van der Waals surface area contributed by atoms with Crippen LogP contribution in [0.3, 0.4) is 0 Å². The van der Waals surface area contributed by atoms with Gasteiger partial charge >= 0.3 is 0 Å². The Balaban J connectivity index is 1.99. The van der Waals surface area contributed by atoms with E-state index in [0.717, 1.165) is 18.4 Å². The molecule has 0 saturated carbocycles. The first-order valence-electron chi connectivity index (χ1n) is 7.62. The first-order chi connectivity index (χ1) is 9.63. The van der Waals surface area contributed by atoms with Crippen molar-refractivity contribution in [2.75, 3.05) is 6.54 Å². The fraction of sp³-hybridized carbons (Fsp3) is 0.588. The molecular weight excluding hydrogens is 253 g/mol. The van der Waals surface area contributed by atoms with Gasteiger partial charge in [0.2, 0.25) is 5.91 Å². The van der Waals surface area contributed by atoms with Gasteiger partial charge in [0, 0.05) is 18.9 Å². The van der Waals surface area contributed by atoms with Gasteiger partial charge in [0.05, 0.1) is 6.04 Å². The van der Waals surface area contributed by atoms with Crippen molar-refractivity contribution < 1.29 is 9.18 Å². The highest BCUT2D eigenvalue weighted by Crippen LogP contribution is 2.32. The standard InChI is InChI=1S/C17H24FNO/c1-3-4-10-16(18)15-11-17(20)19(12-15)13(2)14-8-6-5-7-9-14/h5-9,13,15-16H,3-4,10-12H2,1-2H3/t13?,15?,16-/m0/s1. The van der Waals surface area contributed by atoms with Crippen LogP contribution in [0.15, 0.2) is 30.3 Å². The quantitative estimate of drug-likeness (QED) is 0.765. The number of alkyl halides is 1. The summed E-state index contributed by atoms with van der Waals surface area (Å²) in [5.74, 6) is -0.0364. The Morgan fingerprint density at radius 1 is 1.35 bits per heavy atom. The number of hydrogen-bond acceptors (Lipinski definition) is 1. The van der Waals surface area contributed by atoms with Gasteiger partial charge in [-0.25, -0.2) is 4.39 Å². The number of carbonyl (C=O) groups excluding carboxylic acids is 1. The minimum absolute atomic E-state index is 0.0343. The Morgan fingerprint density at radius 3 is 2.70 bits per heavy atom. The summed E-state index contributed by atoms with van der Waals surface area (Å²) in [6.45, 7) is 4.64. The molecule has 1 amide bonds. The lowest BCUT2D eigenvalue weighted by atomic mass is 9.98. The third-order valence-corrected chi connectivity index (χ3v) is 4.28. The van der Waals surface area contributed by atoms with Crippen molar-refractivity contribution in [3.05, 3.63) is 35.9 Å². The van der Waals surface area contributed by atoms with Gasteiger partial charge < -0.3 is 4.90 Å². The number of benzene rings is 1. The average molecular weight is 277 g/mol. The molecule has 1 fully saturated rings. The molecule has 3 atom stereocenters. The van der Waals surface area contributed by atoms with E-state index in [0.29, 0.717) is 19.4 Å². The van der Waals surface area contributed by atoms with Crippen molar-refractivity contribution in [1.29, 1.82) is 0 Å². The molecule has 2 unspecified atom stereocenters. The maximum absolute atomic E-state index is 14.1. The maximum Gasteiger partial charge on any atom is 0.223 e. The fourth-order valence-electron chi connectivity index (χ4n) is 2.92. The lowest BCUT2D eigenvalue weighted by Crippen LogP contribution is -2.29. The number of hydrogen-bond donors (Lipinski definition) is 0. The molecule has 1 aliphatic heterocycles. The summed E-state index contributed by atoms with van der Waals surface area (Å²) < 4.78 is 14.1. The molecule has 0 aliphatic carbocycles. The molecule has 110 valence electrons. The highest BCUT2D eigenvalue weighted by molar-refractivity contribution is 5.79. The second-order valence-corrected chi connectivity index (χ2v) is 5.76. The van der Waals surface area contributed by atoms with E-state index in [4.69, 9.17) is 0 Å². The van der Waals surface area contributed by atoms with Gasteiger partial charge in [-0.15, -0.1) is 0 Å². The number of halogens is 1. The molecule has 2 rings (SSSR count). The summed E-state index contributed by atoms with van der Waals surface area (Å²) in [6, 6.07) is 10.00. The van der Waals surface area contributed by atoms with Crippen molar-refractivity contribution in [2.24, 2.45) is 5.92 Å². The largest absolute Gasteiger partial charge is 0.336 e. The lowest BCUT2D eigenvalue weighted by molar-refractivity contribution is -0.129. The molecule has 2 nitrogen and oxygen atoms in total. The molecule has 0 spiro atoms. The van der Waals surface area contributed by atoms with E-state index in [1.54, 1.807) is 0 Å². The number of unbranched alkanes of at least 4 members (excludes halogenated alkanes) is 1. The zero-order chi connectivity index (χ0) is 14.5. The van der Waals surface area contributed by atoms with E-state index in [2.05, 4.69) is 6.92 Å². The van der Waals surface area contributed by atoms with E-state index in [9.17, 15) is 9.18 Å². The topological polar surface area (TPSA) is 20.3 Å². The van der Waals surface area contributed by atoms with Crippen molar-refractivity contribution in [3.8, 4) is 0 Å². The molecule has 3 heteroatoms. The van der Waals surface area contributed by atoms with E-state index in [1.807, 2.05) is 42.2 Å². The number of amides is 1.